The maximum atomic E-state index is 6.46. The van der Waals surface area contributed by atoms with Gasteiger partial charge < -0.3 is 10.5 Å². The number of nitrogens with two attached hydrogens (primary N) is 1. The number of nitrogens with zero attached hydrogens (tertiary/aromatic N) is 1. The smallest absolute Gasteiger partial charge is 0.0595 e. The van der Waals surface area contributed by atoms with Crippen molar-refractivity contribution in [1.82, 2.24) is 4.90 Å². The van der Waals surface area contributed by atoms with E-state index in [1.807, 2.05) is 7.11 Å². The lowest BCUT2D eigenvalue weighted by molar-refractivity contribution is 0.0259. The van der Waals surface area contributed by atoms with E-state index in [2.05, 4.69) is 43.0 Å². The molecule has 0 bridgehead atoms. The maximum Gasteiger partial charge on any atom is 0.0595 e. The summed E-state index contributed by atoms with van der Waals surface area (Å²) in [6, 6.07) is 9.21. The van der Waals surface area contributed by atoms with Gasteiger partial charge in [0.05, 0.1) is 6.10 Å². The van der Waals surface area contributed by atoms with Crippen molar-refractivity contribution in [1.29, 1.82) is 0 Å². The molecule has 112 valence electrons. The third-order valence-corrected chi connectivity index (χ3v) is 4.68. The Morgan fingerprint density at radius 3 is 2.35 bits per heavy atom. The molecule has 0 spiro atoms. The van der Waals surface area contributed by atoms with Gasteiger partial charge in [-0.15, -0.1) is 0 Å². The lowest BCUT2D eigenvalue weighted by atomic mass is 9.96. The highest BCUT2D eigenvalue weighted by Gasteiger charge is 2.26. The summed E-state index contributed by atoms with van der Waals surface area (Å²) in [5.74, 6) is 0. The van der Waals surface area contributed by atoms with Crippen molar-refractivity contribution in [3.63, 3.8) is 0 Å². The minimum absolute atomic E-state index is 0.0833. The van der Waals surface area contributed by atoms with Gasteiger partial charge in [0.1, 0.15) is 0 Å². The summed E-state index contributed by atoms with van der Waals surface area (Å²) in [4.78, 5) is 2.49. The van der Waals surface area contributed by atoms with E-state index in [-0.39, 0.29) is 6.04 Å². The van der Waals surface area contributed by atoms with E-state index in [9.17, 15) is 0 Å². The number of hydrogen-bond acceptors (Lipinski definition) is 3. The molecule has 1 aromatic carbocycles. The Balaban J connectivity index is 1.95. The molecule has 2 rings (SSSR count). The SMILES string of the molecule is CCc1ccc(C(N)C(C)N2CCC(OC)CC2)cc1. The van der Waals surface area contributed by atoms with E-state index >= 15 is 0 Å². The van der Waals surface area contributed by atoms with E-state index in [4.69, 9.17) is 10.5 Å². The van der Waals surface area contributed by atoms with Gasteiger partial charge in [0, 0.05) is 32.3 Å². The predicted molar refractivity (Wildman–Crippen MR) is 83.8 cm³/mol. The van der Waals surface area contributed by atoms with Crippen LogP contribution in [0.2, 0.25) is 0 Å². The van der Waals surface area contributed by atoms with Crippen LogP contribution in [0.4, 0.5) is 0 Å². The Hall–Kier alpha value is -0.900. The van der Waals surface area contributed by atoms with Crippen molar-refractivity contribution in [2.75, 3.05) is 20.2 Å². The van der Waals surface area contributed by atoms with Crippen LogP contribution in [0.25, 0.3) is 0 Å². The third kappa shape index (κ3) is 3.60. The first-order valence-electron chi connectivity index (χ1n) is 7.77. The van der Waals surface area contributed by atoms with Crippen LogP contribution in [0.15, 0.2) is 24.3 Å². The molecule has 0 amide bonds. The van der Waals surface area contributed by atoms with E-state index < -0.39 is 0 Å². The molecule has 1 heterocycles. The molecule has 0 saturated carbocycles. The first-order valence-corrected chi connectivity index (χ1v) is 7.77. The van der Waals surface area contributed by atoms with E-state index in [0.29, 0.717) is 12.1 Å². The van der Waals surface area contributed by atoms with Crippen molar-refractivity contribution < 1.29 is 4.74 Å². The summed E-state index contributed by atoms with van der Waals surface area (Å²) >= 11 is 0. The van der Waals surface area contributed by atoms with Crippen LogP contribution >= 0.6 is 0 Å². The third-order valence-electron chi connectivity index (χ3n) is 4.68. The van der Waals surface area contributed by atoms with Crippen LogP contribution in [0.3, 0.4) is 0 Å². The van der Waals surface area contributed by atoms with Crippen LogP contribution in [0.5, 0.6) is 0 Å². The Labute approximate surface area is 123 Å². The van der Waals surface area contributed by atoms with Gasteiger partial charge in [-0.3, -0.25) is 4.90 Å². The number of benzene rings is 1. The van der Waals surface area contributed by atoms with E-state index in [1.54, 1.807) is 0 Å². The summed E-state index contributed by atoms with van der Waals surface area (Å²) in [7, 11) is 1.81. The number of piperidine rings is 1. The Kier molecular flexibility index (Phi) is 5.58. The fourth-order valence-electron chi connectivity index (χ4n) is 3.00. The molecular weight excluding hydrogens is 248 g/mol. The van der Waals surface area contributed by atoms with Gasteiger partial charge in [0.2, 0.25) is 0 Å². The lowest BCUT2D eigenvalue weighted by Crippen LogP contribution is -2.46. The largest absolute Gasteiger partial charge is 0.381 e. The Morgan fingerprint density at radius 2 is 1.85 bits per heavy atom. The Morgan fingerprint density at radius 1 is 1.25 bits per heavy atom. The fourth-order valence-corrected chi connectivity index (χ4v) is 3.00. The molecule has 2 unspecified atom stereocenters. The molecular formula is C17H28N2O. The van der Waals surface area contributed by atoms with Gasteiger partial charge >= 0.3 is 0 Å². The fraction of sp³-hybridized carbons (Fsp3) is 0.647. The van der Waals surface area contributed by atoms with Crippen molar-refractivity contribution in [3.8, 4) is 0 Å². The number of aryl methyl sites for hydroxylation is 1. The number of hydrogen-bond donors (Lipinski definition) is 1. The van der Waals surface area contributed by atoms with Gasteiger partial charge in [-0.25, -0.2) is 0 Å². The Bertz CT molecular complexity index is 396. The molecule has 2 N–H and O–H groups in total. The second-order valence-electron chi connectivity index (χ2n) is 5.83. The molecule has 3 heteroatoms. The highest BCUT2D eigenvalue weighted by Crippen LogP contribution is 2.23. The zero-order valence-corrected chi connectivity index (χ0v) is 13.0. The summed E-state index contributed by atoms with van der Waals surface area (Å²) in [5.41, 5.74) is 9.06. The predicted octanol–water partition coefficient (Wildman–Crippen LogP) is 2.75. The van der Waals surface area contributed by atoms with Crippen LogP contribution < -0.4 is 5.73 Å². The summed E-state index contributed by atoms with van der Waals surface area (Å²) in [6.45, 7) is 6.59. The van der Waals surface area contributed by atoms with Gasteiger partial charge in [0.25, 0.3) is 0 Å². The zero-order chi connectivity index (χ0) is 14.5. The minimum atomic E-state index is 0.0833. The summed E-state index contributed by atoms with van der Waals surface area (Å²) in [6.07, 6.45) is 3.73. The zero-order valence-electron chi connectivity index (χ0n) is 13.0. The molecule has 1 aliphatic rings. The first kappa shape index (κ1) is 15.5. The first-order chi connectivity index (χ1) is 9.65. The van der Waals surface area contributed by atoms with Gasteiger partial charge in [-0.1, -0.05) is 31.2 Å². The average Bonchev–Trinajstić information content (AvgIpc) is 2.53. The molecule has 0 aliphatic carbocycles. The quantitative estimate of drug-likeness (QED) is 0.898. The summed E-state index contributed by atoms with van der Waals surface area (Å²) in [5, 5.41) is 0. The highest BCUT2D eigenvalue weighted by atomic mass is 16.5. The summed E-state index contributed by atoms with van der Waals surface area (Å²) < 4.78 is 5.43. The van der Waals surface area contributed by atoms with Gasteiger partial charge in [-0.2, -0.15) is 0 Å². The lowest BCUT2D eigenvalue weighted by Gasteiger charge is -2.38. The number of likely N-dealkylation sites (tertiary alicyclic amines) is 1. The maximum absolute atomic E-state index is 6.46. The van der Waals surface area contributed by atoms with Gasteiger partial charge in [0.15, 0.2) is 0 Å². The van der Waals surface area contributed by atoms with E-state index in [0.717, 1.165) is 32.4 Å². The van der Waals surface area contributed by atoms with E-state index in [1.165, 1.54) is 11.1 Å². The highest BCUT2D eigenvalue weighted by molar-refractivity contribution is 5.25. The normalized spacial score (nSPS) is 20.8. The molecule has 1 saturated heterocycles. The molecule has 2 atom stereocenters. The standard InChI is InChI=1S/C17H28N2O/c1-4-14-5-7-15(8-6-14)17(18)13(2)19-11-9-16(20-3)10-12-19/h5-8,13,16-17H,4,9-12,18H2,1-3H3. The minimum Gasteiger partial charge on any atom is -0.381 e. The average molecular weight is 276 g/mol. The van der Waals surface area contributed by atoms with Crippen molar-refractivity contribution >= 4 is 0 Å². The molecule has 1 aromatic rings. The topological polar surface area (TPSA) is 38.5 Å². The van der Waals surface area contributed by atoms with Crippen molar-refractivity contribution in [2.24, 2.45) is 5.73 Å². The number of ether oxygens (including phenoxy) is 1. The molecule has 0 radical (unpaired) electrons. The second-order valence-corrected chi connectivity index (χ2v) is 5.83. The number of rotatable bonds is 5. The number of methoxy groups -OCH3 is 1. The molecule has 3 nitrogen and oxygen atoms in total. The molecule has 1 aliphatic heterocycles. The van der Waals surface area contributed by atoms with Crippen molar-refractivity contribution in [3.05, 3.63) is 35.4 Å². The van der Waals surface area contributed by atoms with Crippen LogP contribution in [0, 0.1) is 0 Å². The molecule has 1 fully saturated rings. The van der Waals surface area contributed by atoms with Gasteiger partial charge in [-0.05, 0) is 37.3 Å². The van der Waals surface area contributed by atoms with Crippen LogP contribution in [-0.4, -0.2) is 37.2 Å². The second kappa shape index (κ2) is 7.21. The van der Waals surface area contributed by atoms with Crippen LogP contribution in [-0.2, 0) is 11.2 Å². The monoisotopic (exact) mass is 276 g/mol. The van der Waals surface area contributed by atoms with Crippen molar-refractivity contribution in [2.45, 2.75) is 51.3 Å². The van der Waals surface area contributed by atoms with Crippen LogP contribution in [0.1, 0.15) is 43.9 Å². The molecule has 20 heavy (non-hydrogen) atoms. The molecule has 0 aromatic heterocycles.